The molecule has 0 saturated carbocycles. The van der Waals surface area contributed by atoms with Crippen LogP contribution in [0.1, 0.15) is 22.8 Å². The molecule has 0 saturated heterocycles. The second-order valence-corrected chi connectivity index (χ2v) is 7.28. The van der Waals surface area contributed by atoms with Crippen molar-refractivity contribution in [3.05, 3.63) is 50.4 Å². The molecule has 8 nitrogen and oxygen atoms in total. The van der Waals surface area contributed by atoms with E-state index in [1.807, 2.05) is 6.92 Å². The number of halogens is 2. The van der Waals surface area contributed by atoms with E-state index in [1.165, 1.54) is 13.3 Å². The van der Waals surface area contributed by atoms with Crippen LogP contribution in [0.25, 0.3) is 0 Å². The molecule has 0 atom stereocenters. The minimum absolute atomic E-state index is 0.244. The van der Waals surface area contributed by atoms with Gasteiger partial charge in [0.05, 0.1) is 28.9 Å². The van der Waals surface area contributed by atoms with Crippen LogP contribution in [0.4, 0.5) is 0 Å². The summed E-state index contributed by atoms with van der Waals surface area (Å²) in [5.41, 5.74) is 8.60. The van der Waals surface area contributed by atoms with E-state index >= 15 is 0 Å². The van der Waals surface area contributed by atoms with Gasteiger partial charge in [-0.1, -0.05) is 0 Å². The van der Waals surface area contributed by atoms with E-state index in [1.54, 1.807) is 30.3 Å². The van der Waals surface area contributed by atoms with Crippen LogP contribution in [0.5, 0.6) is 17.2 Å². The van der Waals surface area contributed by atoms with Gasteiger partial charge in [0, 0.05) is 5.56 Å². The Morgan fingerprint density at radius 2 is 1.83 bits per heavy atom. The largest absolute Gasteiger partial charge is 0.493 e. The maximum absolute atomic E-state index is 12.3. The molecule has 2 amide bonds. The van der Waals surface area contributed by atoms with Crippen LogP contribution >= 0.6 is 31.9 Å². The number of hydrogen-bond donors (Lipinski definition) is 2. The van der Waals surface area contributed by atoms with Gasteiger partial charge in [-0.3, -0.25) is 9.59 Å². The van der Waals surface area contributed by atoms with Crippen LogP contribution in [0.3, 0.4) is 0 Å². The summed E-state index contributed by atoms with van der Waals surface area (Å²) in [5.74, 6) is 0.477. The molecule has 0 heterocycles. The minimum Gasteiger partial charge on any atom is -0.493 e. The van der Waals surface area contributed by atoms with Crippen molar-refractivity contribution >= 4 is 49.9 Å². The van der Waals surface area contributed by atoms with Gasteiger partial charge < -0.3 is 19.9 Å². The van der Waals surface area contributed by atoms with Gasteiger partial charge in [-0.15, -0.1) is 0 Å². The third kappa shape index (κ3) is 6.47. The van der Waals surface area contributed by atoms with Crippen molar-refractivity contribution in [2.24, 2.45) is 10.8 Å². The summed E-state index contributed by atoms with van der Waals surface area (Å²) in [6.07, 6.45) is 1.47. The number of primary amides is 1. The van der Waals surface area contributed by atoms with E-state index in [2.05, 4.69) is 42.4 Å². The molecular formula is C19H19Br2N3O5. The number of carbonyl (C=O) groups is 2. The Balaban J connectivity index is 2.08. The molecule has 0 aromatic heterocycles. The lowest BCUT2D eigenvalue weighted by Crippen LogP contribution is -2.20. The molecule has 0 aliphatic heterocycles. The van der Waals surface area contributed by atoms with Crippen LogP contribution in [0.2, 0.25) is 0 Å². The molecule has 3 N–H and O–H groups in total. The molecular weight excluding hydrogens is 510 g/mol. The highest BCUT2D eigenvalue weighted by Crippen LogP contribution is 2.34. The van der Waals surface area contributed by atoms with Crippen molar-refractivity contribution in [2.75, 3.05) is 20.3 Å². The molecule has 0 aliphatic carbocycles. The fraction of sp³-hybridized carbons (Fsp3) is 0.211. The quantitative estimate of drug-likeness (QED) is 0.383. The van der Waals surface area contributed by atoms with Crippen molar-refractivity contribution < 1.29 is 23.8 Å². The molecule has 0 radical (unpaired) electrons. The lowest BCUT2D eigenvalue weighted by molar-refractivity contribution is -0.119. The zero-order chi connectivity index (χ0) is 21.4. The second kappa shape index (κ2) is 10.8. The Morgan fingerprint density at radius 1 is 1.14 bits per heavy atom. The molecule has 0 spiro atoms. The van der Waals surface area contributed by atoms with Crippen molar-refractivity contribution in [1.82, 2.24) is 5.43 Å². The summed E-state index contributed by atoms with van der Waals surface area (Å²) in [6.45, 7) is 2.05. The number of nitrogens with one attached hydrogen (secondary N) is 1. The normalized spacial score (nSPS) is 10.6. The average Bonchev–Trinajstić information content (AvgIpc) is 2.67. The lowest BCUT2D eigenvalue weighted by Gasteiger charge is -2.10. The van der Waals surface area contributed by atoms with Crippen molar-refractivity contribution in [2.45, 2.75) is 6.92 Å². The summed E-state index contributed by atoms with van der Waals surface area (Å²) in [7, 11) is 1.53. The van der Waals surface area contributed by atoms with Crippen molar-refractivity contribution in [1.29, 1.82) is 0 Å². The molecule has 0 fully saturated rings. The number of hydrazone groups is 1. The third-order valence-corrected chi connectivity index (χ3v) is 4.66. The second-order valence-electron chi connectivity index (χ2n) is 5.57. The van der Waals surface area contributed by atoms with E-state index < -0.39 is 11.8 Å². The molecule has 0 unspecified atom stereocenters. The van der Waals surface area contributed by atoms with Gasteiger partial charge in [0.2, 0.25) is 0 Å². The number of hydrogen-bond acceptors (Lipinski definition) is 6. The number of rotatable bonds is 9. The summed E-state index contributed by atoms with van der Waals surface area (Å²) >= 11 is 6.72. The number of carbonyl (C=O) groups excluding carboxylic acids is 2. The van der Waals surface area contributed by atoms with E-state index in [0.29, 0.717) is 43.9 Å². The summed E-state index contributed by atoms with van der Waals surface area (Å²) in [4.78, 5) is 23.2. The zero-order valence-electron chi connectivity index (χ0n) is 15.7. The molecule has 0 bridgehead atoms. The molecule has 2 aromatic rings. The summed E-state index contributed by atoms with van der Waals surface area (Å²) < 4.78 is 17.2. The fourth-order valence-corrected chi connectivity index (χ4v) is 3.70. The van der Waals surface area contributed by atoms with E-state index in [-0.39, 0.29) is 6.61 Å². The van der Waals surface area contributed by atoms with Crippen LogP contribution < -0.4 is 25.4 Å². The van der Waals surface area contributed by atoms with Gasteiger partial charge in [0.1, 0.15) is 5.75 Å². The maximum atomic E-state index is 12.3. The van der Waals surface area contributed by atoms with Crippen LogP contribution in [-0.2, 0) is 4.79 Å². The molecule has 2 aromatic carbocycles. The third-order valence-electron chi connectivity index (χ3n) is 3.48. The molecule has 29 heavy (non-hydrogen) atoms. The first-order chi connectivity index (χ1) is 13.8. The van der Waals surface area contributed by atoms with Gasteiger partial charge in [0.15, 0.2) is 18.1 Å². The number of methoxy groups -OCH3 is 1. The van der Waals surface area contributed by atoms with Gasteiger partial charge in [-0.05, 0) is 74.7 Å². The predicted molar refractivity (Wildman–Crippen MR) is 116 cm³/mol. The Morgan fingerprint density at radius 3 is 2.41 bits per heavy atom. The molecule has 2 rings (SSSR count). The average molecular weight is 529 g/mol. The van der Waals surface area contributed by atoms with Gasteiger partial charge in [0.25, 0.3) is 11.8 Å². The number of amides is 2. The SMILES string of the molecule is CCOc1cc(C(=O)N/N=C/c2cc(Br)c(OCC(N)=O)c(Br)c2)ccc1OC. The number of benzene rings is 2. The van der Waals surface area contributed by atoms with Crippen molar-refractivity contribution in [3.8, 4) is 17.2 Å². The smallest absolute Gasteiger partial charge is 0.271 e. The molecule has 154 valence electrons. The number of nitrogens with two attached hydrogens (primary N) is 1. The first-order valence-electron chi connectivity index (χ1n) is 8.40. The first kappa shape index (κ1) is 22.7. The number of ether oxygens (including phenoxy) is 3. The fourth-order valence-electron chi connectivity index (χ4n) is 2.25. The Bertz CT molecular complexity index is 911. The topological polar surface area (TPSA) is 112 Å². The highest BCUT2D eigenvalue weighted by atomic mass is 79.9. The standard InChI is InChI=1S/C19H19Br2N3O5/c1-3-28-16-8-12(4-5-15(16)27-2)19(26)24-23-9-11-6-13(20)18(14(21)7-11)29-10-17(22)25/h4-9H,3,10H2,1-2H3,(H2,22,25)(H,24,26)/b23-9+. The van der Waals surface area contributed by atoms with Crippen LogP contribution in [0.15, 0.2) is 44.4 Å². The monoisotopic (exact) mass is 527 g/mol. The molecule has 10 heteroatoms. The Kier molecular flexibility index (Phi) is 8.47. The van der Waals surface area contributed by atoms with Gasteiger partial charge in [-0.25, -0.2) is 5.43 Å². The van der Waals surface area contributed by atoms with E-state index in [4.69, 9.17) is 19.9 Å². The predicted octanol–water partition coefficient (Wildman–Crippen LogP) is 3.25. The highest BCUT2D eigenvalue weighted by molar-refractivity contribution is 9.11. The van der Waals surface area contributed by atoms with Crippen LogP contribution in [-0.4, -0.2) is 38.4 Å². The zero-order valence-corrected chi connectivity index (χ0v) is 18.9. The van der Waals surface area contributed by atoms with Gasteiger partial charge in [-0.2, -0.15) is 5.10 Å². The highest BCUT2D eigenvalue weighted by Gasteiger charge is 2.12. The maximum Gasteiger partial charge on any atom is 0.271 e. The summed E-state index contributed by atoms with van der Waals surface area (Å²) in [5, 5.41) is 3.97. The molecule has 0 aliphatic rings. The lowest BCUT2D eigenvalue weighted by atomic mass is 10.2. The minimum atomic E-state index is -0.580. The number of nitrogens with zero attached hydrogens (tertiary/aromatic N) is 1. The van der Waals surface area contributed by atoms with Crippen LogP contribution in [0, 0.1) is 0 Å². The Labute approximate surface area is 184 Å². The van der Waals surface area contributed by atoms with Gasteiger partial charge >= 0.3 is 0 Å². The van der Waals surface area contributed by atoms with E-state index in [9.17, 15) is 9.59 Å². The summed E-state index contributed by atoms with van der Waals surface area (Å²) in [6, 6.07) is 8.30. The van der Waals surface area contributed by atoms with Crippen molar-refractivity contribution in [3.63, 3.8) is 0 Å². The van der Waals surface area contributed by atoms with E-state index in [0.717, 1.165) is 0 Å². The Hall–Kier alpha value is -2.59. The first-order valence-corrected chi connectivity index (χ1v) is 9.98.